The highest BCUT2D eigenvalue weighted by Crippen LogP contribution is 2.25. The van der Waals surface area contributed by atoms with Gasteiger partial charge in [0.1, 0.15) is 11.5 Å². The Hall–Kier alpha value is -3.41. The first kappa shape index (κ1) is 21.3. The van der Waals surface area contributed by atoms with Crippen molar-refractivity contribution in [2.45, 2.75) is 33.9 Å². The second-order valence-corrected chi connectivity index (χ2v) is 7.04. The second-order valence-electron chi connectivity index (χ2n) is 7.04. The Morgan fingerprint density at radius 2 is 1.67 bits per heavy atom. The molecule has 1 aromatic heterocycles. The van der Waals surface area contributed by atoms with E-state index in [4.69, 9.17) is 4.74 Å². The molecule has 0 bridgehead atoms. The van der Waals surface area contributed by atoms with Gasteiger partial charge < -0.3 is 14.6 Å². The summed E-state index contributed by atoms with van der Waals surface area (Å²) in [6.45, 7) is 6.29. The maximum absolute atomic E-state index is 13.1. The number of halogens is 1. The normalized spacial score (nSPS) is 10.7. The summed E-state index contributed by atoms with van der Waals surface area (Å²) in [5, 5.41) is 2.86. The molecule has 0 aliphatic heterocycles. The van der Waals surface area contributed by atoms with Gasteiger partial charge >= 0.3 is 5.97 Å². The van der Waals surface area contributed by atoms with E-state index in [1.165, 1.54) is 12.1 Å². The minimum absolute atomic E-state index is 0.250. The maximum Gasteiger partial charge on any atom is 0.355 e. The molecule has 0 atom stereocenters. The molecule has 1 heterocycles. The van der Waals surface area contributed by atoms with E-state index in [1.807, 2.05) is 41.8 Å². The minimum atomic E-state index is -0.452. The quantitative estimate of drug-likeness (QED) is 0.590. The minimum Gasteiger partial charge on any atom is -0.461 e. The smallest absolute Gasteiger partial charge is 0.355 e. The third kappa shape index (κ3) is 4.59. The van der Waals surface area contributed by atoms with Gasteiger partial charge in [-0.3, -0.25) is 4.79 Å². The van der Waals surface area contributed by atoms with Gasteiger partial charge in [0.15, 0.2) is 0 Å². The van der Waals surface area contributed by atoms with Gasteiger partial charge in [-0.1, -0.05) is 42.5 Å². The number of carbonyl (C=O) groups excluding carboxylic acids is 2. The lowest BCUT2D eigenvalue weighted by Gasteiger charge is -2.12. The molecule has 3 aromatic rings. The molecule has 0 aliphatic carbocycles. The maximum atomic E-state index is 13.1. The lowest BCUT2D eigenvalue weighted by Crippen LogP contribution is -2.24. The first-order valence-corrected chi connectivity index (χ1v) is 9.85. The van der Waals surface area contributed by atoms with Crippen LogP contribution in [0.3, 0.4) is 0 Å². The zero-order valence-electron chi connectivity index (χ0n) is 17.4. The average Bonchev–Trinajstić information content (AvgIpc) is 2.98. The number of carbonyl (C=O) groups is 2. The van der Waals surface area contributed by atoms with Crippen molar-refractivity contribution in [3.8, 4) is 0 Å². The highest BCUT2D eigenvalue weighted by Gasteiger charge is 2.27. The van der Waals surface area contributed by atoms with Crippen LogP contribution >= 0.6 is 0 Å². The fourth-order valence-corrected chi connectivity index (χ4v) is 3.53. The number of aromatic nitrogens is 1. The van der Waals surface area contributed by atoms with Gasteiger partial charge in [-0.05, 0) is 49.6 Å². The van der Waals surface area contributed by atoms with Crippen LogP contribution in [0, 0.1) is 19.7 Å². The molecule has 30 heavy (non-hydrogen) atoms. The van der Waals surface area contributed by atoms with Gasteiger partial charge in [0.05, 0.1) is 12.2 Å². The molecule has 0 unspecified atom stereocenters. The summed E-state index contributed by atoms with van der Waals surface area (Å²) >= 11 is 0. The third-order valence-corrected chi connectivity index (χ3v) is 5.01. The zero-order chi connectivity index (χ0) is 21.7. The Bertz CT molecular complexity index is 1040. The third-order valence-electron chi connectivity index (χ3n) is 5.01. The topological polar surface area (TPSA) is 60.3 Å². The van der Waals surface area contributed by atoms with Crippen molar-refractivity contribution >= 4 is 11.9 Å². The molecule has 6 heteroatoms. The van der Waals surface area contributed by atoms with Crippen molar-refractivity contribution in [3.63, 3.8) is 0 Å². The molecule has 0 saturated heterocycles. The molecule has 156 valence electrons. The predicted octanol–water partition coefficient (Wildman–Crippen LogP) is 4.40. The van der Waals surface area contributed by atoms with Crippen molar-refractivity contribution in [1.29, 1.82) is 0 Å². The van der Waals surface area contributed by atoms with Gasteiger partial charge in [-0.25, -0.2) is 9.18 Å². The molecular formula is C24H25FN2O3. The zero-order valence-corrected chi connectivity index (χ0v) is 17.4. The largest absolute Gasteiger partial charge is 0.461 e. The first-order chi connectivity index (χ1) is 14.4. The van der Waals surface area contributed by atoms with Crippen molar-refractivity contribution in [3.05, 3.63) is 94.1 Å². The number of amides is 1. The Morgan fingerprint density at radius 3 is 2.30 bits per heavy atom. The lowest BCUT2D eigenvalue weighted by atomic mass is 10.1. The number of hydrogen-bond donors (Lipinski definition) is 1. The summed E-state index contributed by atoms with van der Waals surface area (Å²) in [6.07, 6.45) is 0. The highest BCUT2D eigenvalue weighted by molar-refractivity contribution is 6.01. The standard InChI is InChI=1S/C24H25FN2O3/c1-4-30-24(29)22-16(2)21(17(3)27(22)15-19-8-6-5-7-9-19)23(28)26-14-18-10-12-20(25)13-11-18/h5-13H,4,14-15H2,1-3H3,(H,26,28). The number of nitrogens with one attached hydrogen (secondary N) is 1. The van der Waals surface area contributed by atoms with Crippen molar-refractivity contribution in [2.75, 3.05) is 6.61 Å². The van der Waals surface area contributed by atoms with Crippen LogP contribution in [0.25, 0.3) is 0 Å². The molecule has 1 amide bonds. The number of esters is 1. The Labute approximate surface area is 175 Å². The Balaban J connectivity index is 1.93. The molecule has 0 saturated carbocycles. The van der Waals surface area contributed by atoms with E-state index >= 15 is 0 Å². The van der Waals surface area contributed by atoms with Crippen LogP contribution in [0.4, 0.5) is 4.39 Å². The molecular weight excluding hydrogens is 383 g/mol. The summed E-state index contributed by atoms with van der Waals surface area (Å²) in [5.74, 6) is -1.06. The van der Waals surface area contributed by atoms with E-state index in [1.54, 1.807) is 26.0 Å². The van der Waals surface area contributed by atoms with Gasteiger partial charge in [-0.15, -0.1) is 0 Å². The molecule has 0 radical (unpaired) electrons. The van der Waals surface area contributed by atoms with E-state index in [-0.39, 0.29) is 24.9 Å². The van der Waals surface area contributed by atoms with E-state index in [9.17, 15) is 14.0 Å². The summed E-state index contributed by atoms with van der Waals surface area (Å²) in [6, 6.07) is 15.7. The number of rotatable bonds is 7. The van der Waals surface area contributed by atoms with Crippen molar-refractivity contribution in [2.24, 2.45) is 0 Å². The van der Waals surface area contributed by atoms with E-state index in [0.717, 1.165) is 11.1 Å². The Kier molecular flexibility index (Phi) is 6.67. The van der Waals surface area contributed by atoms with Crippen molar-refractivity contribution < 1.29 is 18.7 Å². The molecule has 0 aliphatic rings. The first-order valence-electron chi connectivity index (χ1n) is 9.85. The summed E-state index contributed by atoms with van der Waals surface area (Å²) in [7, 11) is 0. The van der Waals surface area contributed by atoms with Crippen LogP contribution < -0.4 is 5.32 Å². The predicted molar refractivity (Wildman–Crippen MR) is 113 cm³/mol. The fraction of sp³-hybridized carbons (Fsp3) is 0.250. The van der Waals surface area contributed by atoms with Gasteiger partial charge in [0, 0.05) is 18.8 Å². The molecule has 0 fully saturated rings. The lowest BCUT2D eigenvalue weighted by molar-refractivity contribution is 0.0513. The number of ether oxygens (including phenoxy) is 1. The van der Waals surface area contributed by atoms with Crippen LogP contribution in [0.1, 0.15) is 50.2 Å². The number of benzene rings is 2. The SMILES string of the molecule is CCOC(=O)c1c(C)c(C(=O)NCc2ccc(F)cc2)c(C)n1Cc1ccccc1. The molecule has 5 nitrogen and oxygen atoms in total. The average molecular weight is 408 g/mol. The summed E-state index contributed by atoms with van der Waals surface area (Å²) < 4.78 is 20.2. The Morgan fingerprint density at radius 1 is 1.00 bits per heavy atom. The van der Waals surface area contributed by atoms with Gasteiger partial charge in [0.2, 0.25) is 0 Å². The molecule has 1 N–H and O–H groups in total. The number of hydrogen-bond acceptors (Lipinski definition) is 3. The fourth-order valence-electron chi connectivity index (χ4n) is 3.53. The van der Waals surface area contributed by atoms with Gasteiger partial charge in [-0.2, -0.15) is 0 Å². The van der Waals surface area contributed by atoms with Crippen LogP contribution in [-0.2, 0) is 17.8 Å². The molecule has 3 rings (SSSR count). The van der Waals surface area contributed by atoms with Gasteiger partial charge in [0.25, 0.3) is 5.91 Å². The van der Waals surface area contributed by atoms with Crippen LogP contribution in [0.5, 0.6) is 0 Å². The van der Waals surface area contributed by atoms with Crippen LogP contribution in [0.2, 0.25) is 0 Å². The summed E-state index contributed by atoms with van der Waals surface area (Å²) in [5.41, 5.74) is 3.91. The summed E-state index contributed by atoms with van der Waals surface area (Å²) in [4.78, 5) is 25.6. The monoisotopic (exact) mass is 408 g/mol. The van der Waals surface area contributed by atoms with Crippen LogP contribution in [0.15, 0.2) is 54.6 Å². The van der Waals surface area contributed by atoms with E-state index in [2.05, 4.69) is 5.32 Å². The molecule has 2 aromatic carbocycles. The second kappa shape index (κ2) is 9.39. The number of nitrogens with zero attached hydrogens (tertiary/aromatic N) is 1. The van der Waals surface area contributed by atoms with Crippen molar-refractivity contribution in [1.82, 2.24) is 9.88 Å². The molecule has 0 spiro atoms. The van der Waals surface area contributed by atoms with E-state index in [0.29, 0.717) is 29.1 Å². The highest BCUT2D eigenvalue weighted by atomic mass is 19.1. The van der Waals surface area contributed by atoms with Crippen LogP contribution in [-0.4, -0.2) is 23.1 Å². The van der Waals surface area contributed by atoms with E-state index < -0.39 is 5.97 Å².